The maximum absolute atomic E-state index is 5.45. The first-order chi connectivity index (χ1) is 12.1. The summed E-state index contributed by atoms with van der Waals surface area (Å²) in [4.78, 5) is 8.81. The van der Waals surface area contributed by atoms with E-state index in [-0.39, 0.29) is 24.0 Å². The molecule has 0 saturated heterocycles. The van der Waals surface area contributed by atoms with Gasteiger partial charge >= 0.3 is 0 Å². The summed E-state index contributed by atoms with van der Waals surface area (Å²) in [6, 6.07) is 8.26. The smallest absolute Gasteiger partial charge is 0.191 e. The van der Waals surface area contributed by atoms with Crippen molar-refractivity contribution in [1.82, 2.24) is 15.6 Å². The van der Waals surface area contributed by atoms with Crippen molar-refractivity contribution < 1.29 is 4.74 Å². The van der Waals surface area contributed by atoms with Gasteiger partial charge in [0.15, 0.2) is 5.96 Å². The summed E-state index contributed by atoms with van der Waals surface area (Å²) in [5.74, 6) is 1.70. The first-order valence-corrected chi connectivity index (χ1v) is 8.69. The third kappa shape index (κ3) is 6.82. The molecule has 1 aromatic carbocycles. The molecule has 0 aliphatic carbocycles. The topological polar surface area (TPSA) is 58.5 Å². The van der Waals surface area contributed by atoms with E-state index in [4.69, 9.17) is 4.74 Å². The number of guanidine groups is 1. The van der Waals surface area contributed by atoms with Gasteiger partial charge in [-0.05, 0) is 56.0 Å². The molecule has 0 atom stereocenters. The molecule has 0 amide bonds. The lowest BCUT2D eigenvalue weighted by Gasteiger charge is -2.13. The predicted molar refractivity (Wildman–Crippen MR) is 119 cm³/mol. The van der Waals surface area contributed by atoms with Crippen LogP contribution in [0, 0.1) is 13.8 Å². The van der Waals surface area contributed by atoms with Gasteiger partial charge in [-0.15, -0.1) is 24.0 Å². The zero-order chi connectivity index (χ0) is 18.1. The molecule has 26 heavy (non-hydrogen) atoms. The lowest BCUT2D eigenvalue weighted by Crippen LogP contribution is -2.38. The summed E-state index contributed by atoms with van der Waals surface area (Å²) in [7, 11) is 1.70. The number of aromatic nitrogens is 1. The Hall–Kier alpha value is -1.83. The Morgan fingerprint density at radius 1 is 1.15 bits per heavy atom. The molecule has 0 unspecified atom stereocenters. The van der Waals surface area contributed by atoms with Crippen molar-refractivity contribution in [2.75, 3.05) is 20.2 Å². The minimum absolute atomic E-state index is 0. The molecule has 0 aliphatic heterocycles. The highest BCUT2D eigenvalue weighted by atomic mass is 127. The molecular formula is C20H29IN4O. The Balaban J connectivity index is 0.00000338. The highest BCUT2D eigenvalue weighted by molar-refractivity contribution is 14.0. The van der Waals surface area contributed by atoms with Gasteiger partial charge in [0.05, 0.1) is 13.7 Å². The van der Waals surface area contributed by atoms with Gasteiger partial charge in [-0.25, -0.2) is 4.99 Å². The van der Waals surface area contributed by atoms with Crippen LogP contribution in [-0.4, -0.2) is 31.1 Å². The largest absolute Gasteiger partial charge is 0.496 e. The first kappa shape index (κ1) is 22.2. The quantitative estimate of drug-likeness (QED) is 0.370. The summed E-state index contributed by atoms with van der Waals surface area (Å²) in [5.41, 5.74) is 4.78. The van der Waals surface area contributed by atoms with Crippen LogP contribution >= 0.6 is 24.0 Å². The molecule has 142 valence electrons. The van der Waals surface area contributed by atoms with Crippen molar-refractivity contribution in [1.29, 1.82) is 0 Å². The minimum atomic E-state index is 0. The lowest BCUT2D eigenvalue weighted by molar-refractivity contribution is 0.409. The van der Waals surface area contributed by atoms with Crippen LogP contribution in [0.5, 0.6) is 5.75 Å². The number of rotatable bonds is 7. The second-order valence-corrected chi connectivity index (χ2v) is 5.99. The fourth-order valence-electron chi connectivity index (χ4n) is 2.59. The Kier molecular flexibility index (Phi) is 10.0. The van der Waals surface area contributed by atoms with Crippen LogP contribution in [0.1, 0.15) is 29.2 Å². The van der Waals surface area contributed by atoms with Crippen LogP contribution in [0.2, 0.25) is 0 Å². The molecule has 1 heterocycles. The molecule has 0 bridgehead atoms. The van der Waals surface area contributed by atoms with Crippen molar-refractivity contribution >= 4 is 29.9 Å². The number of hydrogen-bond donors (Lipinski definition) is 2. The highest BCUT2D eigenvalue weighted by Crippen LogP contribution is 2.20. The van der Waals surface area contributed by atoms with Gasteiger partial charge in [-0.2, -0.15) is 0 Å². The molecule has 0 aliphatic rings. The van der Waals surface area contributed by atoms with E-state index in [1.165, 1.54) is 16.7 Å². The first-order valence-electron chi connectivity index (χ1n) is 8.69. The van der Waals surface area contributed by atoms with E-state index in [1.54, 1.807) is 7.11 Å². The molecule has 2 rings (SSSR count). The number of hydrogen-bond acceptors (Lipinski definition) is 3. The molecule has 0 spiro atoms. The molecule has 2 N–H and O–H groups in total. The summed E-state index contributed by atoms with van der Waals surface area (Å²) < 4.78 is 5.45. The van der Waals surface area contributed by atoms with E-state index in [9.17, 15) is 0 Å². The number of benzene rings is 1. The predicted octanol–water partition coefficient (Wildman–Crippen LogP) is 3.62. The molecule has 1 aromatic heterocycles. The normalized spacial score (nSPS) is 10.8. The zero-order valence-corrected chi connectivity index (χ0v) is 18.3. The summed E-state index contributed by atoms with van der Waals surface area (Å²) >= 11 is 0. The van der Waals surface area contributed by atoms with Crippen molar-refractivity contribution in [2.45, 2.75) is 33.7 Å². The monoisotopic (exact) mass is 468 g/mol. The fourth-order valence-corrected chi connectivity index (χ4v) is 2.59. The molecule has 0 radical (unpaired) electrons. The second kappa shape index (κ2) is 11.7. The van der Waals surface area contributed by atoms with Gasteiger partial charge in [0, 0.05) is 31.0 Å². The maximum Gasteiger partial charge on any atom is 0.191 e. The van der Waals surface area contributed by atoms with Gasteiger partial charge < -0.3 is 15.4 Å². The third-order valence-electron chi connectivity index (χ3n) is 4.02. The average molecular weight is 468 g/mol. The summed E-state index contributed by atoms with van der Waals surface area (Å²) in [5, 5.41) is 6.68. The number of nitrogens with one attached hydrogen (secondary N) is 2. The molecule has 5 nitrogen and oxygen atoms in total. The third-order valence-corrected chi connectivity index (χ3v) is 4.02. The van der Waals surface area contributed by atoms with Gasteiger partial charge in [-0.3, -0.25) is 4.98 Å². The number of aryl methyl sites for hydroxylation is 2. The standard InChI is InChI=1S/C20H28N4O.HI/c1-5-22-20(23-11-9-17-8-10-21-13-16(17)3)24-14-18-7-6-15(2)12-19(18)25-4;/h6-8,10,12-13H,5,9,11,14H2,1-4H3,(H2,22,23,24);1H. The number of methoxy groups -OCH3 is 1. The molecule has 2 aromatic rings. The van der Waals surface area contributed by atoms with Crippen LogP contribution in [0.25, 0.3) is 0 Å². The van der Waals surface area contributed by atoms with Crippen molar-refractivity contribution in [3.05, 3.63) is 58.9 Å². The molecule has 6 heteroatoms. The van der Waals surface area contributed by atoms with Crippen LogP contribution < -0.4 is 15.4 Å². The highest BCUT2D eigenvalue weighted by Gasteiger charge is 2.04. The van der Waals surface area contributed by atoms with Gasteiger partial charge in [-0.1, -0.05) is 12.1 Å². The van der Waals surface area contributed by atoms with E-state index in [2.05, 4.69) is 59.6 Å². The number of ether oxygens (including phenoxy) is 1. The van der Waals surface area contributed by atoms with Crippen molar-refractivity contribution in [3.63, 3.8) is 0 Å². The lowest BCUT2D eigenvalue weighted by atomic mass is 10.1. The number of nitrogens with zero attached hydrogens (tertiary/aromatic N) is 2. The van der Waals surface area contributed by atoms with Gasteiger partial charge in [0.25, 0.3) is 0 Å². The Labute approximate surface area is 173 Å². The maximum atomic E-state index is 5.45. The van der Waals surface area contributed by atoms with Crippen LogP contribution in [0.3, 0.4) is 0 Å². The molecular weight excluding hydrogens is 439 g/mol. The molecule has 0 saturated carbocycles. The number of aliphatic imine (C=N–C) groups is 1. The Morgan fingerprint density at radius 2 is 1.96 bits per heavy atom. The van der Waals surface area contributed by atoms with Crippen LogP contribution in [-0.2, 0) is 13.0 Å². The average Bonchev–Trinajstić information content (AvgIpc) is 2.62. The second-order valence-electron chi connectivity index (χ2n) is 5.99. The summed E-state index contributed by atoms with van der Waals surface area (Å²) in [6.45, 7) is 8.43. The number of pyridine rings is 1. The molecule has 0 fully saturated rings. The number of halogens is 1. The van der Waals surface area contributed by atoms with Crippen molar-refractivity contribution in [2.24, 2.45) is 4.99 Å². The fraction of sp³-hybridized carbons (Fsp3) is 0.400. The van der Waals surface area contributed by atoms with Crippen LogP contribution in [0.15, 0.2) is 41.7 Å². The van der Waals surface area contributed by atoms with Crippen molar-refractivity contribution in [3.8, 4) is 5.75 Å². The van der Waals surface area contributed by atoms with E-state index < -0.39 is 0 Å². The van der Waals surface area contributed by atoms with E-state index in [0.717, 1.165) is 36.8 Å². The minimum Gasteiger partial charge on any atom is -0.496 e. The van der Waals surface area contributed by atoms with E-state index in [1.807, 2.05) is 18.5 Å². The van der Waals surface area contributed by atoms with E-state index >= 15 is 0 Å². The summed E-state index contributed by atoms with van der Waals surface area (Å²) in [6.07, 6.45) is 4.68. The van der Waals surface area contributed by atoms with E-state index in [0.29, 0.717) is 6.54 Å². The van der Waals surface area contributed by atoms with Crippen LogP contribution in [0.4, 0.5) is 0 Å². The van der Waals surface area contributed by atoms with Gasteiger partial charge in [0.2, 0.25) is 0 Å². The SMILES string of the molecule is CCNC(=NCc1ccc(C)cc1OC)NCCc1ccncc1C.I. The zero-order valence-electron chi connectivity index (χ0n) is 16.0. The Morgan fingerprint density at radius 3 is 2.65 bits per heavy atom. The Bertz CT molecular complexity index is 719. The van der Waals surface area contributed by atoms with Gasteiger partial charge in [0.1, 0.15) is 5.75 Å².